The summed E-state index contributed by atoms with van der Waals surface area (Å²) in [5.41, 5.74) is 1.51. The third-order valence-electron chi connectivity index (χ3n) is 2.60. The summed E-state index contributed by atoms with van der Waals surface area (Å²) in [6.45, 7) is 2.46. The number of amides is 1. The lowest BCUT2D eigenvalue weighted by Crippen LogP contribution is -2.26. The number of carbonyl (C=O) groups is 1. The Kier molecular flexibility index (Phi) is 4.65. The summed E-state index contributed by atoms with van der Waals surface area (Å²) in [6.07, 6.45) is 0. The Bertz CT molecular complexity index is 612. The molecule has 6 heteroatoms. The van der Waals surface area contributed by atoms with Crippen LogP contribution in [0, 0.1) is 6.92 Å². The number of halogens is 1. The fourth-order valence-corrected chi connectivity index (χ4v) is 3.14. The SMILES string of the molecule is Cc1nc(CN(C)C(=O)c2ccc(Br)cc2S)cs1. The Morgan fingerprint density at radius 1 is 1.53 bits per heavy atom. The lowest BCUT2D eigenvalue weighted by atomic mass is 10.2. The van der Waals surface area contributed by atoms with Crippen molar-refractivity contribution in [3.05, 3.63) is 44.3 Å². The van der Waals surface area contributed by atoms with Gasteiger partial charge in [-0.1, -0.05) is 15.9 Å². The molecular formula is C13H13BrN2OS2. The number of hydrogen-bond donors (Lipinski definition) is 1. The molecule has 0 spiro atoms. The zero-order valence-electron chi connectivity index (χ0n) is 10.6. The monoisotopic (exact) mass is 356 g/mol. The Labute approximate surface area is 130 Å². The van der Waals surface area contributed by atoms with Gasteiger partial charge in [-0.2, -0.15) is 0 Å². The van der Waals surface area contributed by atoms with Gasteiger partial charge in [0.1, 0.15) is 0 Å². The highest BCUT2D eigenvalue weighted by Gasteiger charge is 2.15. The lowest BCUT2D eigenvalue weighted by Gasteiger charge is -2.17. The van der Waals surface area contributed by atoms with Crippen molar-refractivity contribution in [1.29, 1.82) is 0 Å². The van der Waals surface area contributed by atoms with Crippen molar-refractivity contribution in [2.75, 3.05) is 7.05 Å². The number of rotatable bonds is 3. The standard InChI is InChI=1S/C13H13BrN2OS2/c1-8-15-10(7-19-8)6-16(2)13(17)11-4-3-9(14)5-12(11)18/h3-5,7,18H,6H2,1-2H3. The number of nitrogens with zero attached hydrogens (tertiary/aromatic N) is 2. The van der Waals surface area contributed by atoms with Gasteiger partial charge < -0.3 is 4.90 Å². The molecule has 0 bridgehead atoms. The molecule has 0 unspecified atom stereocenters. The van der Waals surface area contributed by atoms with Gasteiger partial charge in [-0.3, -0.25) is 4.79 Å². The molecule has 0 aliphatic carbocycles. The van der Waals surface area contributed by atoms with Gasteiger partial charge in [0.15, 0.2) is 0 Å². The summed E-state index contributed by atoms with van der Waals surface area (Å²) in [6, 6.07) is 5.43. The summed E-state index contributed by atoms with van der Waals surface area (Å²) >= 11 is 9.29. The first-order valence-electron chi connectivity index (χ1n) is 5.62. The van der Waals surface area contributed by atoms with E-state index in [1.54, 1.807) is 29.4 Å². The maximum absolute atomic E-state index is 12.3. The Morgan fingerprint density at radius 2 is 2.26 bits per heavy atom. The van der Waals surface area contributed by atoms with Gasteiger partial charge in [0, 0.05) is 21.8 Å². The fraction of sp³-hybridized carbons (Fsp3) is 0.231. The van der Waals surface area contributed by atoms with Crippen LogP contribution in [0.2, 0.25) is 0 Å². The predicted molar refractivity (Wildman–Crippen MR) is 84.0 cm³/mol. The fourth-order valence-electron chi connectivity index (χ4n) is 1.69. The van der Waals surface area contributed by atoms with Gasteiger partial charge in [-0.05, 0) is 25.1 Å². The van der Waals surface area contributed by atoms with Crippen molar-refractivity contribution in [3.8, 4) is 0 Å². The second kappa shape index (κ2) is 6.07. The van der Waals surface area contributed by atoms with E-state index in [1.807, 2.05) is 24.4 Å². The van der Waals surface area contributed by atoms with E-state index < -0.39 is 0 Å². The van der Waals surface area contributed by atoms with Gasteiger partial charge in [-0.15, -0.1) is 24.0 Å². The number of thiol groups is 1. The Morgan fingerprint density at radius 3 is 2.84 bits per heavy atom. The molecule has 0 aliphatic heterocycles. The molecule has 3 nitrogen and oxygen atoms in total. The van der Waals surface area contributed by atoms with Gasteiger partial charge >= 0.3 is 0 Å². The zero-order valence-corrected chi connectivity index (χ0v) is 13.8. The van der Waals surface area contributed by atoms with Crippen molar-refractivity contribution in [1.82, 2.24) is 9.88 Å². The molecule has 0 aliphatic rings. The maximum Gasteiger partial charge on any atom is 0.255 e. The average molecular weight is 357 g/mol. The second-order valence-electron chi connectivity index (χ2n) is 4.18. The molecule has 1 aromatic carbocycles. The number of benzene rings is 1. The highest BCUT2D eigenvalue weighted by Crippen LogP contribution is 2.21. The second-order valence-corrected chi connectivity index (χ2v) is 6.64. The minimum absolute atomic E-state index is 0.0526. The van der Waals surface area contributed by atoms with Crippen LogP contribution in [0.4, 0.5) is 0 Å². The number of hydrogen-bond acceptors (Lipinski definition) is 4. The van der Waals surface area contributed by atoms with E-state index in [4.69, 9.17) is 0 Å². The van der Waals surface area contributed by atoms with Gasteiger partial charge in [0.2, 0.25) is 0 Å². The summed E-state index contributed by atoms with van der Waals surface area (Å²) in [4.78, 5) is 19.0. The lowest BCUT2D eigenvalue weighted by molar-refractivity contribution is 0.0780. The minimum atomic E-state index is -0.0526. The normalized spacial score (nSPS) is 10.5. The predicted octanol–water partition coefficient (Wildman–Crippen LogP) is 3.77. The Balaban J connectivity index is 2.14. The van der Waals surface area contributed by atoms with E-state index in [0.29, 0.717) is 17.0 Å². The average Bonchev–Trinajstić information content (AvgIpc) is 2.74. The van der Waals surface area contributed by atoms with Crippen molar-refractivity contribution in [2.24, 2.45) is 0 Å². The summed E-state index contributed by atoms with van der Waals surface area (Å²) in [5, 5.41) is 2.98. The number of aryl methyl sites for hydroxylation is 1. The maximum atomic E-state index is 12.3. The van der Waals surface area contributed by atoms with E-state index >= 15 is 0 Å². The summed E-state index contributed by atoms with van der Waals surface area (Å²) in [7, 11) is 1.77. The molecule has 2 rings (SSSR count). The minimum Gasteiger partial charge on any atom is -0.336 e. The van der Waals surface area contributed by atoms with Crippen LogP contribution in [-0.4, -0.2) is 22.8 Å². The first-order chi connectivity index (χ1) is 8.97. The van der Waals surface area contributed by atoms with E-state index in [2.05, 4.69) is 33.5 Å². The number of aromatic nitrogens is 1. The van der Waals surface area contributed by atoms with Crippen molar-refractivity contribution in [2.45, 2.75) is 18.4 Å². The summed E-state index contributed by atoms with van der Waals surface area (Å²) in [5.74, 6) is -0.0526. The van der Waals surface area contributed by atoms with Crippen molar-refractivity contribution < 1.29 is 4.79 Å². The molecule has 1 aromatic heterocycles. The number of carbonyl (C=O) groups excluding carboxylic acids is 1. The molecule has 2 aromatic rings. The highest BCUT2D eigenvalue weighted by atomic mass is 79.9. The van der Waals surface area contributed by atoms with Gasteiger partial charge in [-0.25, -0.2) is 4.98 Å². The van der Waals surface area contributed by atoms with E-state index in [1.165, 1.54) is 0 Å². The topological polar surface area (TPSA) is 33.2 Å². The van der Waals surface area contributed by atoms with Crippen LogP contribution in [0.15, 0.2) is 32.9 Å². The van der Waals surface area contributed by atoms with Gasteiger partial charge in [0.25, 0.3) is 5.91 Å². The van der Waals surface area contributed by atoms with Crippen LogP contribution in [0.3, 0.4) is 0 Å². The third kappa shape index (κ3) is 3.58. The molecular weight excluding hydrogens is 344 g/mol. The van der Waals surface area contributed by atoms with Crippen LogP contribution in [0.25, 0.3) is 0 Å². The highest BCUT2D eigenvalue weighted by molar-refractivity contribution is 9.10. The molecule has 0 N–H and O–H groups in total. The quantitative estimate of drug-likeness (QED) is 0.849. The molecule has 0 radical (unpaired) electrons. The van der Waals surface area contributed by atoms with Crippen molar-refractivity contribution in [3.63, 3.8) is 0 Å². The number of thiazole rings is 1. The molecule has 0 saturated carbocycles. The molecule has 100 valence electrons. The molecule has 0 fully saturated rings. The molecule has 1 amide bonds. The van der Waals surface area contributed by atoms with E-state index in [-0.39, 0.29) is 5.91 Å². The third-order valence-corrected chi connectivity index (χ3v) is 4.29. The van der Waals surface area contributed by atoms with E-state index in [9.17, 15) is 4.79 Å². The zero-order chi connectivity index (χ0) is 14.0. The van der Waals surface area contributed by atoms with Crippen LogP contribution in [0.5, 0.6) is 0 Å². The first-order valence-corrected chi connectivity index (χ1v) is 7.74. The molecule has 0 saturated heterocycles. The van der Waals surface area contributed by atoms with Crippen LogP contribution < -0.4 is 0 Å². The van der Waals surface area contributed by atoms with E-state index in [0.717, 1.165) is 15.2 Å². The largest absolute Gasteiger partial charge is 0.336 e. The first kappa shape index (κ1) is 14.6. The van der Waals surface area contributed by atoms with Crippen LogP contribution >= 0.6 is 39.9 Å². The molecule has 1 heterocycles. The summed E-state index contributed by atoms with van der Waals surface area (Å²) < 4.78 is 0.909. The van der Waals surface area contributed by atoms with Crippen molar-refractivity contribution >= 4 is 45.8 Å². The smallest absolute Gasteiger partial charge is 0.255 e. The molecule has 0 atom stereocenters. The van der Waals surface area contributed by atoms with Crippen LogP contribution in [0.1, 0.15) is 21.1 Å². The van der Waals surface area contributed by atoms with Gasteiger partial charge in [0.05, 0.1) is 22.8 Å². The van der Waals surface area contributed by atoms with Crippen LogP contribution in [-0.2, 0) is 6.54 Å². The molecule has 19 heavy (non-hydrogen) atoms. The Hall–Kier alpha value is -0.850.